The summed E-state index contributed by atoms with van der Waals surface area (Å²) in [5, 5.41) is 7.03. The highest BCUT2D eigenvalue weighted by atomic mass is 16.5. The second-order valence-electron chi connectivity index (χ2n) is 6.44. The molecule has 1 fully saturated rings. The van der Waals surface area contributed by atoms with Gasteiger partial charge in [0.15, 0.2) is 11.5 Å². The molecule has 0 aliphatic heterocycles. The molecule has 0 unspecified atom stereocenters. The number of nitrogens with one attached hydrogen (secondary N) is 1. The van der Waals surface area contributed by atoms with Gasteiger partial charge in [-0.05, 0) is 37.3 Å². The van der Waals surface area contributed by atoms with E-state index in [1.165, 1.54) is 0 Å². The van der Waals surface area contributed by atoms with Crippen molar-refractivity contribution in [3.8, 4) is 11.3 Å². The lowest BCUT2D eigenvalue weighted by Gasteiger charge is -2.18. The highest BCUT2D eigenvalue weighted by Gasteiger charge is 2.35. The first kappa shape index (κ1) is 15.6. The summed E-state index contributed by atoms with van der Waals surface area (Å²) in [6.45, 7) is 2.02. The van der Waals surface area contributed by atoms with Crippen LogP contribution >= 0.6 is 0 Å². The van der Waals surface area contributed by atoms with Gasteiger partial charge in [-0.15, -0.1) is 0 Å². The van der Waals surface area contributed by atoms with E-state index < -0.39 is 0 Å². The SMILES string of the molecule is Cc1cccnc1[C@H](NC(=O)c1cc(-c2ccccc2)on1)C1CC1. The smallest absolute Gasteiger partial charge is 0.274 e. The van der Waals surface area contributed by atoms with Crippen LogP contribution in [0.3, 0.4) is 0 Å². The fourth-order valence-corrected chi connectivity index (χ4v) is 3.00. The van der Waals surface area contributed by atoms with E-state index in [1.807, 2.05) is 49.4 Å². The molecule has 2 heterocycles. The van der Waals surface area contributed by atoms with Gasteiger partial charge in [0.25, 0.3) is 5.91 Å². The summed E-state index contributed by atoms with van der Waals surface area (Å²) in [7, 11) is 0. The summed E-state index contributed by atoms with van der Waals surface area (Å²) in [5.41, 5.74) is 3.21. The number of hydrogen-bond donors (Lipinski definition) is 1. The molecule has 4 rings (SSSR count). The van der Waals surface area contributed by atoms with E-state index in [4.69, 9.17) is 4.52 Å². The molecule has 1 saturated carbocycles. The Morgan fingerprint density at radius 3 is 2.72 bits per heavy atom. The van der Waals surface area contributed by atoms with Crippen molar-refractivity contribution in [3.63, 3.8) is 0 Å². The van der Waals surface area contributed by atoms with Crippen LogP contribution in [0, 0.1) is 12.8 Å². The Morgan fingerprint density at radius 1 is 1.20 bits per heavy atom. The monoisotopic (exact) mass is 333 g/mol. The Labute approximate surface area is 146 Å². The number of benzene rings is 1. The maximum Gasteiger partial charge on any atom is 0.274 e. The van der Waals surface area contributed by atoms with Crippen LogP contribution in [0.2, 0.25) is 0 Å². The molecule has 1 N–H and O–H groups in total. The molecule has 0 saturated heterocycles. The summed E-state index contributed by atoms with van der Waals surface area (Å²) in [6, 6.07) is 15.2. The lowest BCUT2D eigenvalue weighted by atomic mass is 10.0. The van der Waals surface area contributed by atoms with Crippen LogP contribution in [0.4, 0.5) is 0 Å². The molecule has 25 heavy (non-hydrogen) atoms. The maximum absolute atomic E-state index is 12.7. The van der Waals surface area contributed by atoms with Crippen molar-refractivity contribution in [1.29, 1.82) is 0 Å². The highest BCUT2D eigenvalue weighted by molar-refractivity contribution is 5.93. The Bertz CT molecular complexity index is 885. The first-order chi connectivity index (χ1) is 12.2. The predicted molar refractivity (Wildman–Crippen MR) is 93.8 cm³/mol. The molecule has 2 aromatic heterocycles. The van der Waals surface area contributed by atoms with Crippen molar-refractivity contribution >= 4 is 5.91 Å². The highest BCUT2D eigenvalue weighted by Crippen LogP contribution is 2.41. The zero-order valence-electron chi connectivity index (χ0n) is 14.0. The van der Waals surface area contributed by atoms with E-state index in [9.17, 15) is 4.79 Å². The molecular formula is C20H19N3O2. The van der Waals surface area contributed by atoms with Gasteiger partial charge in [0.2, 0.25) is 0 Å². The molecule has 3 aromatic rings. The van der Waals surface area contributed by atoms with E-state index in [2.05, 4.69) is 15.5 Å². The average Bonchev–Trinajstić information content (AvgIpc) is 3.36. The van der Waals surface area contributed by atoms with Crippen LogP contribution < -0.4 is 5.32 Å². The zero-order valence-corrected chi connectivity index (χ0v) is 14.0. The standard InChI is InChI=1S/C20H19N3O2/c1-13-6-5-11-21-18(13)19(15-9-10-15)22-20(24)16-12-17(25-23-16)14-7-3-2-4-8-14/h2-8,11-12,15,19H,9-10H2,1H3,(H,22,24)/t19-/m1/s1. The molecule has 1 aliphatic carbocycles. The molecule has 5 nitrogen and oxygen atoms in total. The lowest BCUT2D eigenvalue weighted by Crippen LogP contribution is -2.31. The number of aromatic nitrogens is 2. The van der Waals surface area contributed by atoms with Crippen molar-refractivity contribution in [2.24, 2.45) is 5.92 Å². The largest absolute Gasteiger partial charge is 0.355 e. The Hall–Kier alpha value is -2.95. The first-order valence-electron chi connectivity index (χ1n) is 8.47. The van der Waals surface area contributed by atoms with Crippen molar-refractivity contribution in [3.05, 3.63) is 71.7 Å². The van der Waals surface area contributed by atoms with Crippen molar-refractivity contribution in [1.82, 2.24) is 15.5 Å². The van der Waals surface area contributed by atoms with E-state index in [0.29, 0.717) is 11.7 Å². The summed E-state index contributed by atoms with van der Waals surface area (Å²) in [4.78, 5) is 17.1. The van der Waals surface area contributed by atoms with Crippen LogP contribution in [0.1, 0.15) is 40.6 Å². The van der Waals surface area contributed by atoms with Gasteiger partial charge in [0, 0.05) is 17.8 Å². The fourth-order valence-electron chi connectivity index (χ4n) is 3.00. The Kier molecular flexibility index (Phi) is 4.06. The lowest BCUT2D eigenvalue weighted by molar-refractivity contribution is 0.0921. The predicted octanol–water partition coefficient (Wildman–Crippen LogP) is 3.93. The van der Waals surface area contributed by atoms with Crippen LogP contribution in [0.5, 0.6) is 0 Å². The van der Waals surface area contributed by atoms with Crippen molar-refractivity contribution < 1.29 is 9.32 Å². The van der Waals surface area contributed by atoms with Gasteiger partial charge in [-0.3, -0.25) is 9.78 Å². The second-order valence-corrected chi connectivity index (χ2v) is 6.44. The molecule has 126 valence electrons. The van der Waals surface area contributed by atoms with Crippen LogP contribution in [-0.2, 0) is 0 Å². The van der Waals surface area contributed by atoms with Crippen molar-refractivity contribution in [2.75, 3.05) is 0 Å². The number of carbonyl (C=O) groups excluding carboxylic acids is 1. The number of rotatable bonds is 5. The van der Waals surface area contributed by atoms with Gasteiger partial charge in [0.05, 0.1) is 11.7 Å². The van der Waals surface area contributed by atoms with Gasteiger partial charge in [-0.1, -0.05) is 41.6 Å². The van der Waals surface area contributed by atoms with Crippen LogP contribution in [0.15, 0.2) is 59.3 Å². The van der Waals surface area contributed by atoms with Gasteiger partial charge < -0.3 is 9.84 Å². The second kappa shape index (κ2) is 6.51. The van der Waals surface area contributed by atoms with E-state index in [1.54, 1.807) is 12.3 Å². The molecular weight excluding hydrogens is 314 g/mol. The first-order valence-corrected chi connectivity index (χ1v) is 8.47. The molecule has 0 radical (unpaired) electrons. The number of carbonyl (C=O) groups is 1. The molecule has 1 aromatic carbocycles. The minimum atomic E-state index is -0.229. The minimum Gasteiger partial charge on any atom is -0.355 e. The number of hydrogen-bond acceptors (Lipinski definition) is 4. The summed E-state index contributed by atoms with van der Waals surface area (Å²) >= 11 is 0. The molecule has 1 atom stereocenters. The summed E-state index contributed by atoms with van der Waals surface area (Å²) < 4.78 is 5.33. The quantitative estimate of drug-likeness (QED) is 0.768. The normalized spacial score (nSPS) is 14.9. The van der Waals surface area contributed by atoms with E-state index in [0.717, 1.165) is 29.7 Å². The summed E-state index contributed by atoms with van der Waals surface area (Å²) in [6.07, 6.45) is 3.98. The molecule has 0 bridgehead atoms. The van der Waals surface area contributed by atoms with Crippen molar-refractivity contribution in [2.45, 2.75) is 25.8 Å². The third-order valence-electron chi connectivity index (χ3n) is 4.53. The topological polar surface area (TPSA) is 68.0 Å². The maximum atomic E-state index is 12.7. The third-order valence-corrected chi connectivity index (χ3v) is 4.53. The Balaban J connectivity index is 1.55. The van der Waals surface area contributed by atoms with Crippen LogP contribution in [0.25, 0.3) is 11.3 Å². The number of aryl methyl sites for hydroxylation is 1. The van der Waals surface area contributed by atoms with Gasteiger partial charge in [-0.2, -0.15) is 0 Å². The van der Waals surface area contributed by atoms with E-state index >= 15 is 0 Å². The van der Waals surface area contributed by atoms with Crippen LogP contribution in [-0.4, -0.2) is 16.0 Å². The molecule has 5 heteroatoms. The third kappa shape index (κ3) is 3.31. The zero-order chi connectivity index (χ0) is 17.2. The minimum absolute atomic E-state index is 0.0782. The van der Waals surface area contributed by atoms with Gasteiger partial charge in [0.1, 0.15) is 0 Å². The molecule has 0 spiro atoms. The Morgan fingerprint density at radius 2 is 2.00 bits per heavy atom. The van der Waals surface area contributed by atoms with Gasteiger partial charge in [-0.25, -0.2) is 0 Å². The number of pyridine rings is 1. The van der Waals surface area contributed by atoms with E-state index in [-0.39, 0.29) is 17.6 Å². The fraction of sp³-hybridized carbons (Fsp3) is 0.250. The van der Waals surface area contributed by atoms with Gasteiger partial charge >= 0.3 is 0 Å². The number of amides is 1. The number of nitrogens with zero attached hydrogens (tertiary/aromatic N) is 2. The molecule has 1 aliphatic rings. The average molecular weight is 333 g/mol. The molecule has 1 amide bonds. The summed E-state index contributed by atoms with van der Waals surface area (Å²) in [5.74, 6) is 0.800.